The van der Waals surface area contributed by atoms with Gasteiger partial charge in [0, 0.05) is 0 Å². The van der Waals surface area contributed by atoms with Crippen LogP contribution in [0.5, 0.6) is 0 Å². The topological polar surface area (TPSA) is 0 Å². The summed E-state index contributed by atoms with van der Waals surface area (Å²) < 4.78 is 1.30. The molecule has 0 saturated carbocycles. The molecule has 0 saturated heterocycles. The van der Waals surface area contributed by atoms with Crippen LogP contribution in [0.2, 0.25) is 0 Å². The van der Waals surface area contributed by atoms with Gasteiger partial charge in [0.2, 0.25) is 0 Å². The van der Waals surface area contributed by atoms with Crippen molar-refractivity contribution in [2.45, 2.75) is 13.8 Å². The average molecular weight is 119 g/mol. The Morgan fingerprint density at radius 1 is 1.67 bits per heavy atom. The quantitative estimate of drug-likeness (QED) is 0.488. The van der Waals surface area contributed by atoms with E-state index in [9.17, 15) is 0 Å². The van der Waals surface area contributed by atoms with Gasteiger partial charge < -0.3 is 0 Å². The van der Waals surface area contributed by atoms with Crippen LogP contribution in [-0.4, -0.2) is 4.23 Å². The third kappa shape index (κ3) is 4.19. The molecule has 0 aromatic carbocycles. The molecule has 0 unspecified atom stereocenters. The van der Waals surface area contributed by atoms with Crippen LogP contribution in [0, 0.1) is 0 Å². The van der Waals surface area contributed by atoms with Crippen LogP contribution in [0.1, 0.15) is 13.8 Å². The van der Waals surface area contributed by atoms with Crippen LogP contribution in [-0.2, 0) is 17.0 Å². The van der Waals surface area contributed by atoms with Gasteiger partial charge in [-0.2, -0.15) is 0 Å². The van der Waals surface area contributed by atoms with Crippen molar-refractivity contribution >= 4 is 4.23 Å². The fourth-order valence-electron chi connectivity index (χ4n) is 0.241. The fourth-order valence-corrected chi connectivity index (χ4v) is 0.474. The van der Waals surface area contributed by atoms with Crippen molar-refractivity contribution in [3.63, 3.8) is 0 Å². The molecule has 0 heterocycles. The van der Waals surface area contributed by atoms with E-state index in [1.54, 1.807) is 0 Å². The Balaban J connectivity index is 3.30. The molecule has 0 rings (SSSR count). The molecule has 0 nitrogen and oxygen atoms in total. The van der Waals surface area contributed by atoms with Gasteiger partial charge in [0.15, 0.2) is 0 Å². The molecule has 0 aliphatic carbocycles. The molecular weight excluding hydrogens is 111 g/mol. The van der Waals surface area contributed by atoms with Gasteiger partial charge in [0.1, 0.15) is 0 Å². The molecule has 6 heavy (non-hydrogen) atoms. The van der Waals surface area contributed by atoms with Crippen LogP contribution in [0.4, 0.5) is 0 Å². The van der Waals surface area contributed by atoms with E-state index in [1.165, 1.54) is 4.23 Å². The molecule has 0 atom stereocenters. The Hall–Kier alpha value is 0.194. The van der Waals surface area contributed by atoms with E-state index >= 15 is 0 Å². The van der Waals surface area contributed by atoms with Crippen molar-refractivity contribution < 1.29 is 17.0 Å². The van der Waals surface area contributed by atoms with E-state index in [-0.39, 0.29) is 0 Å². The second kappa shape index (κ2) is 3.39. The first-order valence-electron chi connectivity index (χ1n) is 1.92. The van der Waals surface area contributed by atoms with Gasteiger partial charge in [0.25, 0.3) is 0 Å². The summed E-state index contributed by atoms with van der Waals surface area (Å²) in [5.41, 5.74) is 0. The van der Waals surface area contributed by atoms with Gasteiger partial charge in [-0.15, -0.1) is 0 Å². The summed E-state index contributed by atoms with van der Waals surface area (Å²) in [4.78, 5) is 0. The zero-order valence-electron chi connectivity index (χ0n) is 4.10. The van der Waals surface area contributed by atoms with E-state index in [1.807, 2.05) is 13.0 Å². The molecule has 0 aliphatic heterocycles. The van der Waals surface area contributed by atoms with Crippen LogP contribution in [0.15, 0.2) is 12.2 Å². The van der Waals surface area contributed by atoms with E-state index in [0.717, 1.165) is 0 Å². The van der Waals surface area contributed by atoms with E-state index in [0.29, 0.717) is 0 Å². The first kappa shape index (κ1) is 6.19. The molecule has 0 fully saturated rings. The van der Waals surface area contributed by atoms with Crippen molar-refractivity contribution in [3.8, 4) is 0 Å². The molecule has 0 N–H and O–H groups in total. The van der Waals surface area contributed by atoms with E-state index < -0.39 is 0 Å². The number of hydrogen-bond donors (Lipinski definition) is 0. The first-order chi connectivity index (χ1) is 2.77. The summed E-state index contributed by atoms with van der Waals surface area (Å²) in [6.07, 6.45) is 4.08. The Bertz CT molecular complexity index is 72.0. The van der Waals surface area contributed by atoms with Gasteiger partial charge in [-0.3, -0.25) is 0 Å². The molecule has 0 aliphatic rings. The van der Waals surface area contributed by atoms with E-state index in [2.05, 4.69) is 30.0 Å². The molecule has 0 radical (unpaired) electrons. The predicted octanol–water partition coefficient (Wildman–Crippen LogP) is 1.30. The van der Waals surface area contributed by atoms with Crippen LogP contribution in [0.3, 0.4) is 0 Å². The summed E-state index contributed by atoms with van der Waals surface area (Å²) in [5, 5.41) is 0. The zero-order valence-corrected chi connectivity index (χ0v) is 5.50. The number of hydrogen-bond acceptors (Lipinski definition) is 0. The molecular formula is C5H8V. The van der Waals surface area contributed by atoms with Crippen molar-refractivity contribution in [2.24, 2.45) is 0 Å². The second-order valence-electron chi connectivity index (χ2n) is 1.14. The third-order valence-electron chi connectivity index (χ3n) is 0.408. The predicted molar refractivity (Wildman–Crippen MR) is 25.5 cm³/mol. The summed E-state index contributed by atoms with van der Waals surface area (Å²) in [6.45, 7) is 4.07. The maximum absolute atomic E-state index is 2.48. The van der Waals surface area contributed by atoms with Gasteiger partial charge >= 0.3 is 47.2 Å². The summed E-state index contributed by atoms with van der Waals surface area (Å²) in [7, 11) is 0. The molecule has 0 aromatic rings. The monoisotopic (exact) mass is 119 g/mol. The van der Waals surface area contributed by atoms with Crippen molar-refractivity contribution in [1.82, 2.24) is 0 Å². The second-order valence-corrected chi connectivity index (χ2v) is 2.24. The van der Waals surface area contributed by atoms with Gasteiger partial charge in [-0.1, -0.05) is 0 Å². The van der Waals surface area contributed by atoms with Crippen molar-refractivity contribution in [1.29, 1.82) is 0 Å². The first-order valence-corrected chi connectivity index (χ1v) is 2.62. The van der Waals surface area contributed by atoms with Gasteiger partial charge in [0.05, 0.1) is 0 Å². The summed E-state index contributed by atoms with van der Waals surface area (Å²) in [5.74, 6) is 0. The minimum absolute atomic E-state index is 1.30. The Kier molecular flexibility index (Phi) is 3.50. The Labute approximate surface area is 47.7 Å². The molecule has 1 heteroatoms. The standard InChI is InChI=1S/C5H8.V/c1-3-5-4-2;/h3,5H,1-2H3;. The Morgan fingerprint density at radius 3 is 2.17 bits per heavy atom. The molecule has 33 valence electrons. The summed E-state index contributed by atoms with van der Waals surface area (Å²) in [6, 6.07) is 0. The number of allylic oxidation sites excluding steroid dienone is 2. The summed E-state index contributed by atoms with van der Waals surface area (Å²) >= 11 is 2.48. The SMILES string of the molecule is CC=C[C](C)=[V]. The number of rotatable bonds is 1. The van der Waals surface area contributed by atoms with Crippen molar-refractivity contribution in [3.05, 3.63) is 12.2 Å². The Morgan fingerprint density at radius 2 is 2.17 bits per heavy atom. The average Bonchev–Trinajstić information content (AvgIpc) is 1.35. The third-order valence-corrected chi connectivity index (χ3v) is 0.641. The molecule has 0 aromatic heterocycles. The zero-order chi connectivity index (χ0) is 4.99. The van der Waals surface area contributed by atoms with Crippen LogP contribution >= 0.6 is 0 Å². The van der Waals surface area contributed by atoms with E-state index in [4.69, 9.17) is 0 Å². The fraction of sp³-hybridized carbons (Fsp3) is 0.400. The molecule has 0 spiro atoms. The van der Waals surface area contributed by atoms with Gasteiger partial charge in [-0.25, -0.2) is 0 Å². The molecule has 0 amide bonds. The van der Waals surface area contributed by atoms with Crippen molar-refractivity contribution in [2.75, 3.05) is 0 Å². The maximum atomic E-state index is 2.48. The van der Waals surface area contributed by atoms with Gasteiger partial charge in [-0.05, 0) is 0 Å². The molecule has 0 bridgehead atoms. The van der Waals surface area contributed by atoms with Crippen LogP contribution < -0.4 is 0 Å². The minimum atomic E-state index is 1.30. The normalized spacial score (nSPS) is 9.50. The van der Waals surface area contributed by atoms with Crippen LogP contribution in [0.25, 0.3) is 0 Å².